The number of hydrogen-bond donors (Lipinski definition) is 1. The van der Waals surface area contributed by atoms with Crippen molar-refractivity contribution in [3.05, 3.63) is 72.0 Å². The predicted molar refractivity (Wildman–Crippen MR) is 155 cm³/mol. The highest BCUT2D eigenvalue weighted by atomic mass is 31.2. The number of hydrogen-bond acceptors (Lipinski definition) is 9. The summed E-state index contributed by atoms with van der Waals surface area (Å²) >= 11 is 0. The van der Waals surface area contributed by atoms with Crippen LogP contribution in [0.3, 0.4) is 0 Å². The predicted octanol–water partition coefficient (Wildman–Crippen LogP) is 7.19. The van der Waals surface area contributed by atoms with Gasteiger partial charge in [-0.2, -0.15) is 0 Å². The fourth-order valence-electron chi connectivity index (χ4n) is 4.54. The molecule has 1 atom stereocenters. The van der Waals surface area contributed by atoms with Crippen LogP contribution in [0.2, 0.25) is 0 Å². The fraction of sp³-hybridized carbons (Fsp3) is 0.333. The molecule has 0 saturated carbocycles. The van der Waals surface area contributed by atoms with E-state index in [1.54, 1.807) is 48.4 Å². The van der Waals surface area contributed by atoms with Gasteiger partial charge in [0, 0.05) is 23.6 Å². The van der Waals surface area contributed by atoms with Gasteiger partial charge in [0.15, 0.2) is 17.3 Å². The molecule has 10 heteroatoms. The van der Waals surface area contributed by atoms with E-state index in [0.29, 0.717) is 35.1 Å². The highest BCUT2D eigenvalue weighted by molar-refractivity contribution is 7.54. The quantitative estimate of drug-likeness (QED) is 0.158. The van der Waals surface area contributed by atoms with E-state index in [1.807, 2.05) is 54.6 Å². The van der Waals surface area contributed by atoms with Crippen LogP contribution in [0.5, 0.6) is 23.0 Å². The molecular formula is C30H36NO8P. The molecule has 0 radical (unpaired) electrons. The van der Waals surface area contributed by atoms with Crippen LogP contribution in [0.25, 0.3) is 22.1 Å². The zero-order valence-electron chi connectivity index (χ0n) is 23.7. The van der Waals surface area contributed by atoms with E-state index >= 15 is 0 Å². The maximum absolute atomic E-state index is 14.4. The molecule has 0 spiro atoms. The zero-order valence-corrected chi connectivity index (χ0v) is 24.6. The minimum atomic E-state index is -3.78. The van der Waals surface area contributed by atoms with Crippen LogP contribution in [0.4, 0.5) is 0 Å². The Hall–Kier alpha value is -3.49. The first-order chi connectivity index (χ1) is 19.4. The molecule has 4 rings (SSSR count). The molecule has 0 amide bonds. The monoisotopic (exact) mass is 569 g/mol. The molecule has 0 aliphatic heterocycles. The summed E-state index contributed by atoms with van der Waals surface area (Å²) in [6, 6.07) is 18.8. The lowest BCUT2D eigenvalue weighted by molar-refractivity contribution is 0.204. The molecule has 1 heterocycles. The number of methoxy groups -OCH3 is 4. The fourth-order valence-corrected chi connectivity index (χ4v) is 6.42. The van der Waals surface area contributed by atoms with Gasteiger partial charge < -0.3 is 32.4 Å². The maximum Gasteiger partial charge on any atom is 0.355 e. The third-order valence-corrected chi connectivity index (χ3v) is 8.73. The molecule has 40 heavy (non-hydrogen) atoms. The second-order valence-electron chi connectivity index (χ2n) is 8.78. The molecule has 0 aliphatic rings. The summed E-state index contributed by atoms with van der Waals surface area (Å²) in [5.74, 6) is 1.98. The SMILES string of the molecule is CCOP(=O)(OCC)C(NCc1ccc(OC)cc1)c1oc2cc(OC)c(OC)cc2c1-c1ccc(OC)cc1. The second kappa shape index (κ2) is 13.2. The number of nitrogens with one attached hydrogen (secondary N) is 1. The first-order valence-electron chi connectivity index (χ1n) is 13.0. The van der Waals surface area contributed by atoms with Gasteiger partial charge in [0.2, 0.25) is 0 Å². The minimum absolute atomic E-state index is 0.192. The van der Waals surface area contributed by atoms with Crippen LogP contribution in [0, 0.1) is 0 Å². The summed E-state index contributed by atoms with van der Waals surface area (Å²) < 4.78 is 54.4. The number of furan rings is 1. The Bertz CT molecular complexity index is 1440. The summed E-state index contributed by atoms with van der Waals surface area (Å²) in [4.78, 5) is 0. The van der Waals surface area contributed by atoms with Gasteiger partial charge in [-0.15, -0.1) is 0 Å². The molecule has 0 fully saturated rings. The summed E-state index contributed by atoms with van der Waals surface area (Å²) in [6.07, 6.45) is 0. The molecule has 3 aromatic carbocycles. The van der Waals surface area contributed by atoms with Crippen LogP contribution in [-0.4, -0.2) is 41.7 Å². The van der Waals surface area contributed by atoms with Gasteiger partial charge in [-0.25, -0.2) is 0 Å². The molecule has 0 bridgehead atoms. The van der Waals surface area contributed by atoms with Crippen LogP contribution < -0.4 is 24.3 Å². The van der Waals surface area contributed by atoms with Crippen molar-refractivity contribution in [2.75, 3.05) is 41.7 Å². The first-order valence-corrected chi connectivity index (χ1v) is 14.6. The molecule has 1 unspecified atom stereocenters. The maximum atomic E-state index is 14.4. The van der Waals surface area contributed by atoms with E-state index < -0.39 is 13.4 Å². The van der Waals surface area contributed by atoms with Crippen molar-refractivity contribution in [3.63, 3.8) is 0 Å². The van der Waals surface area contributed by atoms with E-state index in [2.05, 4.69) is 5.32 Å². The Balaban J connectivity index is 1.93. The van der Waals surface area contributed by atoms with Gasteiger partial charge in [-0.05, 0) is 55.3 Å². The number of rotatable bonds is 14. The van der Waals surface area contributed by atoms with Crippen molar-refractivity contribution in [1.82, 2.24) is 5.32 Å². The average Bonchev–Trinajstić information content (AvgIpc) is 3.34. The first kappa shape index (κ1) is 29.5. The van der Waals surface area contributed by atoms with Crippen molar-refractivity contribution in [2.24, 2.45) is 0 Å². The minimum Gasteiger partial charge on any atom is -0.497 e. The molecule has 0 aliphatic carbocycles. The topological polar surface area (TPSA) is 97.6 Å². The summed E-state index contributed by atoms with van der Waals surface area (Å²) in [6.45, 7) is 4.32. The molecule has 214 valence electrons. The van der Waals surface area contributed by atoms with Crippen molar-refractivity contribution < 1.29 is 37.0 Å². The smallest absolute Gasteiger partial charge is 0.355 e. The van der Waals surface area contributed by atoms with Crippen molar-refractivity contribution in [2.45, 2.75) is 26.2 Å². The molecule has 9 nitrogen and oxygen atoms in total. The Labute approximate surface area is 234 Å². The lowest BCUT2D eigenvalue weighted by Gasteiger charge is -2.27. The number of fused-ring (bicyclic) bond motifs is 1. The van der Waals surface area contributed by atoms with E-state index in [4.69, 9.17) is 32.4 Å². The zero-order chi connectivity index (χ0) is 28.7. The Morgan fingerprint density at radius 3 is 1.85 bits per heavy atom. The van der Waals surface area contributed by atoms with Crippen LogP contribution in [0.1, 0.15) is 31.0 Å². The van der Waals surface area contributed by atoms with Gasteiger partial charge in [-0.1, -0.05) is 24.3 Å². The van der Waals surface area contributed by atoms with Gasteiger partial charge in [0.25, 0.3) is 0 Å². The summed E-state index contributed by atoms with van der Waals surface area (Å²) in [7, 11) is 2.60. The molecule has 1 aromatic heterocycles. The highest BCUT2D eigenvalue weighted by Gasteiger charge is 2.41. The standard InChI is InChI=1S/C30H36NO8P/c1-7-37-40(32,38-8-2)30(31-19-20-9-13-22(33-3)14-10-20)29-28(21-11-15-23(34-4)16-12-21)24-17-26(35-5)27(36-6)18-25(24)39-29/h9-18,30-31H,7-8,19H2,1-6H3. The largest absolute Gasteiger partial charge is 0.497 e. The molecule has 1 N–H and O–H groups in total. The number of benzene rings is 3. The lowest BCUT2D eigenvalue weighted by Crippen LogP contribution is -2.23. The van der Waals surface area contributed by atoms with Gasteiger partial charge in [0.1, 0.15) is 22.8 Å². The third-order valence-electron chi connectivity index (χ3n) is 6.44. The molecule has 0 saturated heterocycles. The Kier molecular flexibility index (Phi) is 9.76. The Morgan fingerprint density at radius 2 is 1.32 bits per heavy atom. The molecular weight excluding hydrogens is 533 g/mol. The van der Waals surface area contributed by atoms with Crippen LogP contribution in [0.15, 0.2) is 65.1 Å². The van der Waals surface area contributed by atoms with Crippen LogP contribution >= 0.6 is 7.60 Å². The van der Waals surface area contributed by atoms with Crippen molar-refractivity contribution >= 4 is 18.6 Å². The summed E-state index contributed by atoms with van der Waals surface area (Å²) in [5, 5.41) is 4.17. The van der Waals surface area contributed by atoms with Crippen molar-refractivity contribution in [1.29, 1.82) is 0 Å². The van der Waals surface area contributed by atoms with E-state index in [0.717, 1.165) is 27.8 Å². The lowest BCUT2D eigenvalue weighted by atomic mass is 10.0. The third kappa shape index (κ3) is 6.13. The van der Waals surface area contributed by atoms with Gasteiger partial charge >= 0.3 is 7.60 Å². The van der Waals surface area contributed by atoms with Gasteiger partial charge in [-0.3, -0.25) is 9.88 Å². The average molecular weight is 570 g/mol. The Morgan fingerprint density at radius 1 is 0.775 bits per heavy atom. The van der Waals surface area contributed by atoms with E-state index in [-0.39, 0.29) is 13.2 Å². The van der Waals surface area contributed by atoms with E-state index in [9.17, 15) is 4.57 Å². The number of ether oxygens (including phenoxy) is 4. The van der Waals surface area contributed by atoms with Crippen LogP contribution in [-0.2, 0) is 20.2 Å². The highest BCUT2D eigenvalue weighted by Crippen LogP contribution is 2.62. The molecule has 4 aromatic rings. The normalized spacial score (nSPS) is 12.3. The summed E-state index contributed by atoms with van der Waals surface area (Å²) in [5.41, 5.74) is 3.05. The van der Waals surface area contributed by atoms with E-state index in [1.165, 1.54) is 0 Å². The van der Waals surface area contributed by atoms with Gasteiger partial charge in [0.05, 0.1) is 41.7 Å². The van der Waals surface area contributed by atoms with Crippen molar-refractivity contribution in [3.8, 4) is 34.1 Å². The second-order valence-corrected chi connectivity index (χ2v) is 10.9.